The molecule has 0 saturated heterocycles. The lowest BCUT2D eigenvalue weighted by atomic mass is 9.86. The Balaban J connectivity index is 1.96. The summed E-state index contributed by atoms with van der Waals surface area (Å²) in [6.07, 6.45) is 14.3. The average Bonchev–Trinajstić information content (AvgIpc) is 3.28. The topological polar surface area (TPSA) is 3.24 Å². The summed E-state index contributed by atoms with van der Waals surface area (Å²) in [5.41, 5.74) is 13.8. The van der Waals surface area contributed by atoms with E-state index < -0.39 is 0 Å². The molecule has 2 aliphatic rings. The first-order valence-electron chi connectivity index (χ1n) is 10.8. The number of allylic oxidation sites excluding steroid dienone is 1. The fourth-order valence-electron chi connectivity index (χ4n) is 5.23. The molecule has 0 spiro atoms. The van der Waals surface area contributed by atoms with Crippen molar-refractivity contribution in [3.05, 3.63) is 57.7 Å². The Morgan fingerprint density at radius 2 is 1.59 bits per heavy atom. The fourth-order valence-corrected chi connectivity index (χ4v) is 5.23. The first kappa shape index (κ1) is 18.3. The predicted molar refractivity (Wildman–Crippen MR) is 119 cm³/mol. The third-order valence-corrected chi connectivity index (χ3v) is 6.20. The van der Waals surface area contributed by atoms with Crippen LogP contribution in [0, 0.1) is 0 Å². The summed E-state index contributed by atoms with van der Waals surface area (Å²) in [6, 6.07) is 7.51. The van der Waals surface area contributed by atoms with Gasteiger partial charge in [0, 0.05) is 19.8 Å². The molecule has 2 aliphatic carbocycles. The molecule has 0 saturated carbocycles. The van der Waals surface area contributed by atoms with Crippen LogP contribution in [0.5, 0.6) is 0 Å². The van der Waals surface area contributed by atoms with Crippen molar-refractivity contribution in [2.75, 3.05) is 19.0 Å². The van der Waals surface area contributed by atoms with E-state index >= 15 is 0 Å². The molecule has 27 heavy (non-hydrogen) atoms. The molecular formula is C26H33N. The summed E-state index contributed by atoms with van der Waals surface area (Å²) >= 11 is 0. The molecule has 0 amide bonds. The van der Waals surface area contributed by atoms with E-state index in [4.69, 9.17) is 0 Å². The molecule has 142 valence electrons. The Kier molecular flexibility index (Phi) is 5.12. The van der Waals surface area contributed by atoms with E-state index in [0.717, 1.165) is 19.3 Å². The molecular weight excluding hydrogens is 326 g/mol. The average molecular weight is 360 g/mol. The van der Waals surface area contributed by atoms with Gasteiger partial charge >= 0.3 is 0 Å². The van der Waals surface area contributed by atoms with E-state index in [1.54, 1.807) is 22.3 Å². The molecule has 2 aromatic rings. The van der Waals surface area contributed by atoms with Gasteiger partial charge in [-0.2, -0.15) is 0 Å². The van der Waals surface area contributed by atoms with Gasteiger partial charge in [0.05, 0.1) is 0 Å². The molecule has 0 bridgehead atoms. The van der Waals surface area contributed by atoms with Crippen LogP contribution in [0.25, 0.3) is 17.2 Å². The van der Waals surface area contributed by atoms with Crippen LogP contribution >= 0.6 is 0 Å². The molecule has 1 nitrogen and oxygen atoms in total. The van der Waals surface area contributed by atoms with Crippen molar-refractivity contribution in [3.8, 4) is 11.1 Å². The minimum atomic E-state index is 1.10. The van der Waals surface area contributed by atoms with Gasteiger partial charge < -0.3 is 4.90 Å². The van der Waals surface area contributed by atoms with Gasteiger partial charge in [-0.15, -0.1) is 0 Å². The van der Waals surface area contributed by atoms with Crippen LogP contribution in [0.2, 0.25) is 0 Å². The molecule has 0 heterocycles. The van der Waals surface area contributed by atoms with Crippen LogP contribution in [-0.2, 0) is 32.1 Å². The predicted octanol–water partition coefficient (Wildman–Crippen LogP) is 6.38. The molecule has 0 fully saturated rings. The van der Waals surface area contributed by atoms with Gasteiger partial charge in [0.1, 0.15) is 0 Å². The lowest BCUT2D eigenvalue weighted by molar-refractivity contribution is 0.882. The first-order chi connectivity index (χ1) is 13.1. The summed E-state index contributed by atoms with van der Waals surface area (Å²) in [5, 5.41) is 0. The van der Waals surface area contributed by atoms with Crippen LogP contribution in [0.15, 0.2) is 24.3 Å². The van der Waals surface area contributed by atoms with Crippen molar-refractivity contribution >= 4 is 11.8 Å². The summed E-state index contributed by atoms with van der Waals surface area (Å²) in [5.74, 6) is 0. The van der Waals surface area contributed by atoms with Crippen molar-refractivity contribution in [1.29, 1.82) is 0 Å². The Hall–Kier alpha value is -2.02. The standard InChI is InChI=1S/C26H33N/c1-5-9-20-16-22(17-21(10-6-2)26(20)27(3)4)25-23-13-7-11-18(23)15-19-12-8-14-24(19)25/h7,11,15-17H,5-6,8-10,12-14H2,1-4H3. The maximum Gasteiger partial charge on any atom is 0.0426 e. The van der Waals surface area contributed by atoms with Gasteiger partial charge in [0.15, 0.2) is 0 Å². The van der Waals surface area contributed by atoms with Gasteiger partial charge in [0.25, 0.3) is 0 Å². The van der Waals surface area contributed by atoms with Crippen molar-refractivity contribution in [2.24, 2.45) is 0 Å². The largest absolute Gasteiger partial charge is 0.377 e. The van der Waals surface area contributed by atoms with Crippen LogP contribution in [0.1, 0.15) is 66.5 Å². The summed E-state index contributed by atoms with van der Waals surface area (Å²) in [4.78, 5) is 2.33. The van der Waals surface area contributed by atoms with E-state index in [2.05, 4.69) is 63.2 Å². The molecule has 0 unspecified atom stereocenters. The smallest absolute Gasteiger partial charge is 0.0426 e. The van der Waals surface area contributed by atoms with Crippen LogP contribution in [0.3, 0.4) is 0 Å². The third kappa shape index (κ3) is 3.22. The van der Waals surface area contributed by atoms with Crippen LogP contribution < -0.4 is 4.90 Å². The van der Waals surface area contributed by atoms with E-state index in [9.17, 15) is 0 Å². The highest BCUT2D eigenvalue weighted by atomic mass is 15.1. The minimum Gasteiger partial charge on any atom is -0.377 e. The number of aryl methyl sites for hydroxylation is 3. The number of hydrogen-bond acceptors (Lipinski definition) is 1. The molecule has 4 rings (SSSR count). The van der Waals surface area contributed by atoms with E-state index in [1.165, 1.54) is 60.0 Å². The second kappa shape index (κ2) is 7.54. The number of nitrogens with zero attached hydrogens (tertiary/aromatic N) is 1. The van der Waals surface area contributed by atoms with Crippen LogP contribution in [0.4, 0.5) is 5.69 Å². The van der Waals surface area contributed by atoms with E-state index in [1.807, 2.05) is 0 Å². The number of benzene rings is 2. The maximum absolute atomic E-state index is 2.52. The first-order valence-corrected chi connectivity index (χ1v) is 10.8. The zero-order chi connectivity index (χ0) is 19.0. The number of fused-ring (bicyclic) bond motifs is 2. The Morgan fingerprint density at radius 3 is 2.22 bits per heavy atom. The molecule has 0 aliphatic heterocycles. The zero-order valence-corrected chi connectivity index (χ0v) is 17.5. The van der Waals surface area contributed by atoms with Crippen molar-refractivity contribution in [3.63, 3.8) is 0 Å². The van der Waals surface area contributed by atoms with Gasteiger partial charge in [-0.25, -0.2) is 0 Å². The lowest BCUT2D eigenvalue weighted by Gasteiger charge is -2.25. The Labute approximate surface area is 165 Å². The van der Waals surface area contributed by atoms with Gasteiger partial charge in [-0.3, -0.25) is 0 Å². The van der Waals surface area contributed by atoms with Gasteiger partial charge in [-0.05, 0) is 95.2 Å². The zero-order valence-electron chi connectivity index (χ0n) is 17.5. The summed E-state index contributed by atoms with van der Waals surface area (Å²) in [6.45, 7) is 4.60. The number of rotatable bonds is 6. The second-order valence-corrected chi connectivity index (χ2v) is 8.45. The monoisotopic (exact) mass is 359 g/mol. The van der Waals surface area contributed by atoms with E-state index in [0.29, 0.717) is 0 Å². The summed E-state index contributed by atoms with van der Waals surface area (Å²) in [7, 11) is 4.41. The van der Waals surface area contributed by atoms with Crippen molar-refractivity contribution in [2.45, 2.75) is 65.2 Å². The quantitative estimate of drug-likeness (QED) is 0.578. The number of anilines is 1. The summed E-state index contributed by atoms with van der Waals surface area (Å²) < 4.78 is 0. The molecule has 0 radical (unpaired) electrons. The lowest BCUT2D eigenvalue weighted by Crippen LogP contribution is -2.14. The normalized spacial score (nSPS) is 14.5. The third-order valence-electron chi connectivity index (χ3n) is 6.20. The minimum absolute atomic E-state index is 1.10. The second-order valence-electron chi connectivity index (χ2n) is 8.45. The number of hydrogen-bond donors (Lipinski definition) is 0. The fraction of sp³-hybridized carbons (Fsp3) is 0.462. The SMILES string of the molecule is CCCc1cc(-c2c3c(cc4c2CCC4)C=CC3)cc(CCC)c1N(C)C. The Bertz CT molecular complexity index is 855. The molecule has 0 atom stereocenters. The highest BCUT2D eigenvalue weighted by Gasteiger charge is 2.24. The molecule has 2 aromatic carbocycles. The van der Waals surface area contributed by atoms with Crippen molar-refractivity contribution in [1.82, 2.24) is 0 Å². The van der Waals surface area contributed by atoms with Crippen molar-refractivity contribution < 1.29 is 0 Å². The van der Waals surface area contributed by atoms with E-state index in [-0.39, 0.29) is 0 Å². The molecule has 1 heteroatoms. The Morgan fingerprint density at radius 1 is 0.889 bits per heavy atom. The highest BCUT2D eigenvalue weighted by molar-refractivity contribution is 5.82. The van der Waals surface area contributed by atoms with Gasteiger partial charge in [0.2, 0.25) is 0 Å². The molecule has 0 N–H and O–H groups in total. The molecule has 0 aromatic heterocycles. The van der Waals surface area contributed by atoms with Gasteiger partial charge in [-0.1, -0.05) is 44.9 Å². The van der Waals surface area contributed by atoms with Crippen LogP contribution in [-0.4, -0.2) is 14.1 Å². The maximum atomic E-state index is 2.52. The highest BCUT2D eigenvalue weighted by Crippen LogP contribution is 2.42.